The molecule has 0 N–H and O–H groups in total. The number of furan rings is 1. The second-order valence-corrected chi connectivity index (χ2v) is 6.51. The fraction of sp³-hybridized carbons (Fsp3) is 0.200. The number of hydrogen-bond donors (Lipinski definition) is 0. The SMILES string of the molecule is CCc1ccc(OCc2ccc(-c3nc4c5cnn(C)c5ncn4n3)o2)cc1. The Labute approximate surface area is 160 Å². The molecule has 0 aliphatic heterocycles. The molecule has 0 aliphatic rings. The Bertz CT molecular complexity index is 1270. The molecule has 28 heavy (non-hydrogen) atoms. The topological polar surface area (TPSA) is 83.3 Å². The fourth-order valence-corrected chi connectivity index (χ4v) is 3.09. The third-order valence-corrected chi connectivity index (χ3v) is 4.66. The summed E-state index contributed by atoms with van der Waals surface area (Å²) in [6, 6.07) is 11.8. The summed E-state index contributed by atoms with van der Waals surface area (Å²) in [6.07, 6.45) is 4.37. The van der Waals surface area contributed by atoms with Crippen LogP contribution in [0, 0.1) is 0 Å². The molecule has 140 valence electrons. The smallest absolute Gasteiger partial charge is 0.217 e. The van der Waals surface area contributed by atoms with Crippen molar-refractivity contribution >= 4 is 16.7 Å². The highest BCUT2D eigenvalue weighted by Crippen LogP contribution is 2.23. The molecular formula is C20H18N6O2. The minimum absolute atomic E-state index is 0.341. The van der Waals surface area contributed by atoms with Gasteiger partial charge in [-0.05, 0) is 36.2 Å². The summed E-state index contributed by atoms with van der Waals surface area (Å²) in [5, 5.41) is 9.54. The number of fused-ring (bicyclic) bond motifs is 3. The Morgan fingerprint density at radius 1 is 1.07 bits per heavy atom. The van der Waals surface area contributed by atoms with Gasteiger partial charge in [0.15, 0.2) is 17.1 Å². The van der Waals surface area contributed by atoms with E-state index >= 15 is 0 Å². The third-order valence-electron chi connectivity index (χ3n) is 4.66. The van der Waals surface area contributed by atoms with Crippen molar-refractivity contribution in [3.63, 3.8) is 0 Å². The maximum Gasteiger partial charge on any atom is 0.217 e. The Balaban J connectivity index is 1.38. The minimum atomic E-state index is 0.341. The maximum atomic E-state index is 5.88. The van der Waals surface area contributed by atoms with E-state index < -0.39 is 0 Å². The van der Waals surface area contributed by atoms with Crippen LogP contribution in [0.1, 0.15) is 18.2 Å². The quantitative estimate of drug-likeness (QED) is 0.469. The Hall–Kier alpha value is -3.68. The third kappa shape index (κ3) is 2.79. The molecule has 5 rings (SSSR count). The van der Waals surface area contributed by atoms with Crippen molar-refractivity contribution in [3.05, 3.63) is 60.2 Å². The first kappa shape index (κ1) is 16.5. The Morgan fingerprint density at radius 2 is 1.93 bits per heavy atom. The van der Waals surface area contributed by atoms with E-state index in [0.29, 0.717) is 29.6 Å². The van der Waals surface area contributed by atoms with Gasteiger partial charge in [-0.3, -0.25) is 4.68 Å². The molecular weight excluding hydrogens is 356 g/mol. The normalized spacial score (nSPS) is 11.5. The zero-order valence-corrected chi connectivity index (χ0v) is 15.5. The van der Waals surface area contributed by atoms with Crippen molar-refractivity contribution in [1.82, 2.24) is 29.4 Å². The average Bonchev–Trinajstić information content (AvgIpc) is 3.44. The number of hydrogen-bond acceptors (Lipinski definition) is 6. The molecule has 0 aliphatic carbocycles. The lowest BCUT2D eigenvalue weighted by Gasteiger charge is -2.04. The lowest BCUT2D eigenvalue weighted by atomic mass is 10.2. The maximum absolute atomic E-state index is 5.88. The molecule has 4 heterocycles. The summed E-state index contributed by atoms with van der Waals surface area (Å²) < 4.78 is 15.0. The second-order valence-electron chi connectivity index (χ2n) is 6.51. The predicted molar refractivity (Wildman–Crippen MR) is 103 cm³/mol. The van der Waals surface area contributed by atoms with Gasteiger partial charge < -0.3 is 9.15 Å². The fourth-order valence-electron chi connectivity index (χ4n) is 3.09. The van der Waals surface area contributed by atoms with Crippen molar-refractivity contribution < 1.29 is 9.15 Å². The van der Waals surface area contributed by atoms with Gasteiger partial charge in [-0.25, -0.2) is 14.5 Å². The predicted octanol–water partition coefficient (Wildman–Crippen LogP) is 3.41. The summed E-state index contributed by atoms with van der Waals surface area (Å²) in [7, 11) is 1.84. The van der Waals surface area contributed by atoms with E-state index in [2.05, 4.69) is 39.2 Å². The first-order valence-corrected chi connectivity index (χ1v) is 9.05. The van der Waals surface area contributed by atoms with Gasteiger partial charge in [-0.2, -0.15) is 5.10 Å². The van der Waals surface area contributed by atoms with E-state index in [4.69, 9.17) is 9.15 Å². The van der Waals surface area contributed by atoms with Crippen LogP contribution in [0.2, 0.25) is 0 Å². The molecule has 0 bridgehead atoms. The largest absolute Gasteiger partial charge is 0.486 e. The Morgan fingerprint density at radius 3 is 2.75 bits per heavy atom. The highest BCUT2D eigenvalue weighted by Gasteiger charge is 2.15. The van der Waals surface area contributed by atoms with Crippen molar-refractivity contribution in [1.29, 1.82) is 0 Å². The molecule has 8 heteroatoms. The van der Waals surface area contributed by atoms with E-state index in [1.54, 1.807) is 21.7 Å². The second kappa shape index (κ2) is 6.49. The van der Waals surface area contributed by atoms with Crippen LogP contribution in [0.15, 0.2) is 53.3 Å². The highest BCUT2D eigenvalue weighted by molar-refractivity contribution is 5.88. The summed E-state index contributed by atoms with van der Waals surface area (Å²) >= 11 is 0. The van der Waals surface area contributed by atoms with Crippen molar-refractivity contribution in [2.75, 3.05) is 0 Å². The van der Waals surface area contributed by atoms with E-state index in [0.717, 1.165) is 23.2 Å². The molecule has 5 aromatic rings. The summed E-state index contributed by atoms with van der Waals surface area (Å²) in [5.41, 5.74) is 2.73. The van der Waals surface area contributed by atoms with Crippen LogP contribution in [0.25, 0.3) is 28.3 Å². The first-order chi connectivity index (χ1) is 13.7. The minimum Gasteiger partial charge on any atom is -0.486 e. The van der Waals surface area contributed by atoms with E-state index in [-0.39, 0.29) is 0 Å². The zero-order valence-electron chi connectivity index (χ0n) is 15.5. The van der Waals surface area contributed by atoms with E-state index in [1.807, 2.05) is 31.3 Å². The zero-order chi connectivity index (χ0) is 19.1. The number of rotatable bonds is 5. The van der Waals surface area contributed by atoms with Gasteiger partial charge in [0, 0.05) is 7.05 Å². The van der Waals surface area contributed by atoms with Gasteiger partial charge in [-0.1, -0.05) is 19.1 Å². The molecule has 0 unspecified atom stereocenters. The van der Waals surface area contributed by atoms with Crippen LogP contribution in [-0.4, -0.2) is 29.4 Å². The lowest BCUT2D eigenvalue weighted by Crippen LogP contribution is -1.94. The average molecular weight is 374 g/mol. The van der Waals surface area contributed by atoms with Gasteiger partial charge in [0.25, 0.3) is 0 Å². The van der Waals surface area contributed by atoms with Gasteiger partial charge in [0.05, 0.1) is 11.6 Å². The van der Waals surface area contributed by atoms with Crippen LogP contribution in [0.5, 0.6) is 5.75 Å². The van der Waals surface area contributed by atoms with Crippen LogP contribution in [0.4, 0.5) is 0 Å². The number of aromatic nitrogens is 6. The van der Waals surface area contributed by atoms with Gasteiger partial charge in [0.2, 0.25) is 5.82 Å². The van der Waals surface area contributed by atoms with Gasteiger partial charge >= 0.3 is 0 Å². The number of ether oxygens (including phenoxy) is 1. The standard InChI is InChI=1S/C20H18N6O2/c1-3-13-4-6-14(7-5-13)27-11-15-8-9-17(28-15)18-23-20-16-10-22-25(2)19(16)21-12-26(20)24-18/h4-10,12H,3,11H2,1-2H3. The summed E-state index contributed by atoms with van der Waals surface area (Å²) in [6.45, 7) is 2.47. The molecule has 8 nitrogen and oxygen atoms in total. The number of benzene rings is 1. The van der Waals surface area contributed by atoms with Crippen molar-refractivity contribution in [2.45, 2.75) is 20.0 Å². The van der Waals surface area contributed by atoms with Crippen LogP contribution >= 0.6 is 0 Å². The summed E-state index contributed by atoms with van der Waals surface area (Å²) in [4.78, 5) is 8.97. The monoisotopic (exact) mass is 374 g/mol. The molecule has 0 spiro atoms. The van der Waals surface area contributed by atoms with Crippen LogP contribution in [0.3, 0.4) is 0 Å². The van der Waals surface area contributed by atoms with Crippen LogP contribution < -0.4 is 4.74 Å². The highest BCUT2D eigenvalue weighted by atomic mass is 16.5. The molecule has 1 aromatic carbocycles. The molecule has 0 atom stereocenters. The van der Waals surface area contributed by atoms with Crippen molar-refractivity contribution in [2.24, 2.45) is 7.05 Å². The molecule has 0 saturated heterocycles. The molecule has 0 fully saturated rings. The van der Waals surface area contributed by atoms with Gasteiger partial charge in [-0.15, -0.1) is 5.10 Å². The first-order valence-electron chi connectivity index (χ1n) is 9.05. The van der Waals surface area contributed by atoms with E-state index in [1.165, 1.54) is 5.56 Å². The molecule has 4 aromatic heterocycles. The summed E-state index contributed by atoms with van der Waals surface area (Å²) in [5.74, 6) is 2.60. The number of nitrogens with zero attached hydrogens (tertiary/aromatic N) is 6. The molecule has 0 radical (unpaired) electrons. The molecule has 0 saturated carbocycles. The number of aryl methyl sites for hydroxylation is 2. The van der Waals surface area contributed by atoms with Gasteiger partial charge in [0.1, 0.15) is 24.4 Å². The lowest BCUT2D eigenvalue weighted by molar-refractivity contribution is 0.271. The van der Waals surface area contributed by atoms with Crippen molar-refractivity contribution in [3.8, 4) is 17.3 Å². The Kier molecular flexibility index (Phi) is 3.82. The van der Waals surface area contributed by atoms with E-state index in [9.17, 15) is 0 Å². The van der Waals surface area contributed by atoms with Crippen LogP contribution in [-0.2, 0) is 20.1 Å². The molecule has 0 amide bonds.